The molecule has 0 fully saturated rings. The molecule has 1 amide bonds. The molecule has 0 saturated heterocycles. The molecule has 0 unspecified atom stereocenters. The Balaban J connectivity index is 2.02. The number of hydrogen-bond acceptors (Lipinski definition) is 3. The fourth-order valence-electron chi connectivity index (χ4n) is 1.82. The van der Waals surface area contributed by atoms with Crippen LogP contribution in [0.1, 0.15) is 29.8 Å². The van der Waals surface area contributed by atoms with Gasteiger partial charge >= 0.3 is 0 Å². The van der Waals surface area contributed by atoms with Crippen molar-refractivity contribution in [1.29, 1.82) is 0 Å². The van der Waals surface area contributed by atoms with Crippen molar-refractivity contribution in [2.24, 2.45) is 5.10 Å². The lowest BCUT2D eigenvalue weighted by molar-refractivity contribution is 0.0955. The van der Waals surface area contributed by atoms with Crippen LogP contribution in [-0.2, 0) is 0 Å². The van der Waals surface area contributed by atoms with Crippen LogP contribution in [0.2, 0.25) is 0 Å². The van der Waals surface area contributed by atoms with Crippen LogP contribution in [0.15, 0.2) is 58.1 Å². The average molecular weight is 361 g/mol. The molecule has 4 nitrogen and oxygen atoms in total. The van der Waals surface area contributed by atoms with Crippen molar-refractivity contribution in [3.8, 4) is 5.75 Å². The molecule has 0 aromatic heterocycles. The Morgan fingerprint density at radius 2 is 1.68 bits per heavy atom. The van der Waals surface area contributed by atoms with Gasteiger partial charge in [-0.05, 0) is 67.9 Å². The fourth-order valence-corrected chi connectivity index (χ4v) is 2.09. The molecule has 0 heterocycles. The molecular weight excluding hydrogens is 344 g/mol. The van der Waals surface area contributed by atoms with Gasteiger partial charge in [-0.15, -0.1) is 0 Å². The summed E-state index contributed by atoms with van der Waals surface area (Å²) in [5.74, 6) is 0.579. The number of carbonyl (C=O) groups excluding carboxylic acids is 1. The summed E-state index contributed by atoms with van der Waals surface area (Å²) in [6.07, 6.45) is 0. The first-order chi connectivity index (χ1) is 10.6. The highest BCUT2D eigenvalue weighted by molar-refractivity contribution is 9.10. The molecule has 2 aromatic rings. The number of benzene rings is 2. The molecule has 0 aliphatic rings. The van der Waals surface area contributed by atoms with E-state index in [1.54, 1.807) is 12.1 Å². The summed E-state index contributed by atoms with van der Waals surface area (Å²) in [4.78, 5) is 12.0. The molecule has 0 aliphatic heterocycles. The van der Waals surface area contributed by atoms with E-state index in [-0.39, 0.29) is 5.91 Å². The van der Waals surface area contributed by atoms with Crippen molar-refractivity contribution in [3.05, 3.63) is 64.1 Å². The van der Waals surface area contributed by atoms with Gasteiger partial charge in [-0.2, -0.15) is 5.10 Å². The van der Waals surface area contributed by atoms with Gasteiger partial charge in [-0.3, -0.25) is 4.79 Å². The summed E-state index contributed by atoms with van der Waals surface area (Å²) >= 11 is 3.33. The van der Waals surface area contributed by atoms with Crippen molar-refractivity contribution < 1.29 is 9.53 Å². The first-order valence-corrected chi connectivity index (χ1v) is 7.73. The topological polar surface area (TPSA) is 50.7 Å². The van der Waals surface area contributed by atoms with Gasteiger partial charge in [-0.1, -0.05) is 15.9 Å². The van der Waals surface area contributed by atoms with E-state index in [1.165, 1.54) is 0 Å². The van der Waals surface area contributed by atoms with E-state index in [4.69, 9.17) is 4.74 Å². The van der Waals surface area contributed by atoms with Crippen LogP contribution in [0.5, 0.6) is 5.75 Å². The van der Waals surface area contributed by atoms with Gasteiger partial charge in [0, 0.05) is 10.0 Å². The Bertz CT molecular complexity index is 664. The van der Waals surface area contributed by atoms with Crippen molar-refractivity contribution in [1.82, 2.24) is 5.43 Å². The number of hydrogen-bond donors (Lipinski definition) is 1. The standard InChI is InChI=1S/C17H17BrN2O2/c1-3-22-16-10-6-13(7-11-16)12(2)19-20-17(21)14-4-8-15(18)9-5-14/h4-11H,3H2,1-2H3,(H,20,21)/b19-12-. The zero-order valence-electron chi connectivity index (χ0n) is 12.5. The monoisotopic (exact) mass is 360 g/mol. The van der Waals surface area contributed by atoms with E-state index >= 15 is 0 Å². The zero-order chi connectivity index (χ0) is 15.9. The second-order valence-electron chi connectivity index (χ2n) is 4.60. The summed E-state index contributed by atoms with van der Waals surface area (Å²) in [6.45, 7) is 4.42. The number of ether oxygens (including phenoxy) is 1. The zero-order valence-corrected chi connectivity index (χ0v) is 14.1. The third-order valence-electron chi connectivity index (χ3n) is 3.01. The maximum atomic E-state index is 12.0. The van der Waals surface area contributed by atoms with Crippen molar-refractivity contribution in [2.75, 3.05) is 6.61 Å². The SMILES string of the molecule is CCOc1ccc(/C(C)=N\NC(=O)c2ccc(Br)cc2)cc1. The fraction of sp³-hybridized carbons (Fsp3) is 0.176. The predicted molar refractivity (Wildman–Crippen MR) is 91.4 cm³/mol. The molecule has 0 radical (unpaired) electrons. The minimum Gasteiger partial charge on any atom is -0.494 e. The van der Waals surface area contributed by atoms with Gasteiger partial charge in [0.2, 0.25) is 0 Å². The van der Waals surface area contributed by atoms with Crippen LogP contribution in [0.3, 0.4) is 0 Å². The van der Waals surface area contributed by atoms with Crippen LogP contribution in [0.4, 0.5) is 0 Å². The molecule has 2 aromatic carbocycles. The van der Waals surface area contributed by atoms with Crippen LogP contribution in [-0.4, -0.2) is 18.2 Å². The smallest absolute Gasteiger partial charge is 0.271 e. The molecule has 114 valence electrons. The van der Waals surface area contributed by atoms with E-state index in [0.29, 0.717) is 12.2 Å². The number of nitrogens with one attached hydrogen (secondary N) is 1. The van der Waals surface area contributed by atoms with Gasteiger partial charge in [0.05, 0.1) is 12.3 Å². The predicted octanol–water partition coefficient (Wildman–Crippen LogP) is 4.00. The van der Waals surface area contributed by atoms with Crippen molar-refractivity contribution in [3.63, 3.8) is 0 Å². The summed E-state index contributed by atoms with van der Waals surface area (Å²) in [5, 5.41) is 4.13. The summed E-state index contributed by atoms with van der Waals surface area (Å²) in [5.41, 5.74) is 4.78. The van der Waals surface area contributed by atoms with Crippen LogP contribution >= 0.6 is 15.9 Å². The Hall–Kier alpha value is -2.14. The third-order valence-corrected chi connectivity index (χ3v) is 3.54. The molecule has 0 atom stereocenters. The maximum Gasteiger partial charge on any atom is 0.271 e. The van der Waals surface area contributed by atoms with E-state index in [1.807, 2.05) is 50.2 Å². The summed E-state index contributed by atoms with van der Waals surface area (Å²) in [6, 6.07) is 14.7. The highest BCUT2D eigenvalue weighted by Crippen LogP contribution is 2.13. The lowest BCUT2D eigenvalue weighted by Crippen LogP contribution is -2.19. The van der Waals surface area contributed by atoms with Gasteiger partial charge in [0.25, 0.3) is 5.91 Å². The number of carbonyl (C=O) groups is 1. The molecule has 0 bridgehead atoms. The Labute approximate surface area is 138 Å². The Kier molecular flexibility index (Phi) is 5.72. The molecule has 0 aliphatic carbocycles. The summed E-state index contributed by atoms with van der Waals surface area (Å²) < 4.78 is 6.32. The van der Waals surface area contributed by atoms with E-state index in [2.05, 4.69) is 26.5 Å². The number of nitrogens with zero attached hydrogens (tertiary/aromatic N) is 1. The van der Waals surface area contributed by atoms with Crippen molar-refractivity contribution in [2.45, 2.75) is 13.8 Å². The molecular formula is C17H17BrN2O2. The largest absolute Gasteiger partial charge is 0.494 e. The minimum atomic E-state index is -0.238. The average Bonchev–Trinajstić information content (AvgIpc) is 2.54. The minimum absolute atomic E-state index is 0.238. The molecule has 2 rings (SSSR count). The number of amides is 1. The Morgan fingerprint density at radius 3 is 2.27 bits per heavy atom. The molecule has 22 heavy (non-hydrogen) atoms. The third kappa shape index (κ3) is 4.43. The first kappa shape index (κ1) is 16.2. The van der Waals surface area contributed by atoms with Crippen LogP contribution in [0.25, 0.3) is 0 Å². The quantitative estimate of drug-likeness (QED) is 0.646. The molecule has 1 N–H and O–H groups in total. The van der Waals surface area contributed by atoms with E-state index < -0.39 is 0 Å². The van der Waals surface area contributed by atoms with Gasteiger partial charge < -0.3 is 4.74 Å². The first-order valence-electron chi connectivity index (χ1n) is 6.93. The van der Waals surface area contributed by atoms with Crippen molar-refractivity contribution >= 4 is 27.5 Å². The van der Waals surface area contributed by atoms with E-state index in [9.17, 15) is 4.79 Å². The highest BCUT2D eigenvalue weighted by atomic mass is 79.9. The highest BCUT2D eigenvalue weighted by Gasteiger charge is 2.04. The van der Waals surface area contributed by atoms with Gasteiger partial charge in [0.15, 0.2) is 0 Å². The van der Waals surface area contributed by atoms with Gasteiger partial charge in [-0.25, -0.2) is 5.43 Å². The second kappa shape index (κ2) is 7.75. The lowest BCUT2D eigenvalue weighted by atomic mass is 10.1. The summed E-state index contributed by atoms with van der Waals surface area (Å²) in [7, 11) is 0. The van der Waals surface area contributed by atoms with Crippen LogP contribution < -0.4 is 10.2 Å². The maximum absolute atomic E-state index is 12.0. The molecule has 0 saturated carbocycles. The second-order valence-corrected chi connectivity index (χ2v) is 5.52. The molecule has 5 heteroatoms. The number of rotatable bonds is 5. The lowest BCUT2D eigenvalue weighted by Gasteiger charge is -2.05. The van der Waals surface area contributed by atoms with Crippen LogP contribution in [0, 0.1) is 0 Å². The molecule has 0 spiro atoms. The van der Waals surface area contributed by atoms with E-state index in [0.717, 1.165) is 21.5 Å². The van der Waals surface area contributed by atoms with Gasteiger partial charge in [0.1, 0.15) is 5.75 Å². The number of halogens is 1. The normalized spacial score (nSPS) is 11.1. The number of hydrazone groups is 1. The Morgan fingerprint density at radius 1 is 1.09 bits per heavy atom.